The Bertz CT molecular complexity index is 125. The summed E-state index contributed by atoms with van der Waals surface area (Å²) in [7, 11) is 0. The molecule has 0 amide bonds. The van der Waals surface area contributed by atoms with Crippen molar-refractivity contribution in [3.8, 4) is 0 Å². The number of nitro groups is 1. The van der Waals surface area contributed by atoms with Crippen molar-refractivity contribution in [2.24, 2.45) is 5.92 Å². The highest BCUT2D eigenvalue weighted by Crippen LogP contribution is 2.05. The van der Waals surface area contributed by atoms with Crippen molar-refractivity contribution in [1.82, 2.24) is 0 Å². The van der Waals surface area contributed by atoms with Crippen molar-refractivity contribution in [2.75, 3.05) is 0 Å². The number of hydrogen-bond acceptors (Lipinski definition) is 4. The van der Waals surface area contributed by atoms with E-state index in [2.05, 4.69) is 0 Å². The lowest BCUT2D eigenvalue weighted by molar-refractivity contribution is -0.584. The minimum atomic E-state index is -1.86. The van der Waals surface area contributed by atoms with E-state index in [-0.39, 0.29) is 5.92 Å². The molecule has 0 spiro atoms. The van der Waals surface area contributed by atoms with Gasteiger partial charge in [-0.1, -0.05) is 13.8 Å². The average molecular weight is 149 g/mol. The third-order valence-corrected chi connectivity index (χ3v) is 1.20. The van der Waals surface area contributed by atoms with E-state index < -0.39 is 17.3 Å². The molecule has 0 aromatic carbocycles. The maximum atomic E-state index is 9.84. The molecule has 0 rings (SSSR count). The normalized spacial score (nSPS) is 16.9. The number of hydrogen-bond donors (Lipinski definition) is 2. The second-order valence-electron chi connectivity index (χ2n) is 2.43. The minimum absolute atomic E-state index is 0.305. The van der Waals surface area contributed by atoms with E-state index in [0.29, 0.717) is 0 Å². The van der Waals surface area contributed by atoms with Gasteiger partial charge in [0.1, 0.15) is 0 Å². The first kappa shape index (κ1) is 9.32. The fourth-order valence-corrected chi connectivity index (χ4v) is 0.469. The van der Waals surface area contributed by atoms with Gasteiger partial charge in [-0.05, 0) is 5.92 Å². The van der Waals surface area contributed by atoms with Gasteiger partial charge in [-0.15, -0.1) is 0 Å². The molecule has 0 saturated carbocycles. The maximum Gasteiger partial charge on any atom is 0.339 e. The molecule has 2 atom stereocenters. The second kappa shape index (κ2) is 3.48. The van der Waals surface area contributed by atoms with Crippen molar-refractivity contribution < 1.29 is 15.1 Å². The molecule has 0 radical (unpaired) electrons. The lowest BCUT2D eigenvalue weighted by Gasteiger charge is -2.13. The van der Waals surface area contributed by atoms with E-state index in [1.165, 1.54) is 0 Å². The van der Waals surface area contributed by atoms with Crippen LogP contribution in [0.25, 0.3) is 0 Å². The molecule has 0 aliphatic carbocycles. The Morgan fingerprint density at radius 2 is 1.80 bits per heavy atom. The van der Waals surface area contributed by atoms with Crippen LogP contribution in [-0.2, 0) is 0 Å². The Kier molecular flexibility index (Phi) is 3.24. The highest BCUT2D eigenvalue weighted by atomic mass is 16.7. The van der Waals surface area contributed by atoms with Gasteiger partial charge >= 0.3 is 6.23 Å². The smallest absolute Gasteiger partial charge is 0.339 e. The largest absolute Gasteiger partial charge is 0.383 e. The zero-order chi connectivity index (χ0) is 8.31. The maximum absolute atomic E-state index is 9.84. The van der Waals surface area contributed by atoms with Crippen LogP contribution in [0.4, 0.5) is 0 Å². The van der Waals surface area contributed by atoms with Crippen molar-refractivity contribution in [3.05, 3.63) is 10.1 Å². The SMILES string of the molecule is CC(C)C(O)C(O)[N+](=O)[O-]. The zero-order valence-corrected chi connectivity index (χ0v) is 5.89. The van der Waals surface area contributed by atoms with Gasteiger partial charge in [0.05, 0.1) is 4.92 Å². The zero-order valence-electron chi connectivity index (χ0n) is 5.89. The van der Waals surface area contributed by atoms with E-state index in [1.807, 2.05) is 0 Å². The third-order valence-electron chi connectivity index (χ3n) is 1.20. The molecule has 10 heavy (non-hydrogen) atoms. The van der Waals surface area contributed by atoms with Gasteiger partial charge in [0.2, 0.25) is 0 Å². The van der Waals surface area contributed by atoms with E-state index in [1.54, 1.807) is 13.8 Å². The van der Waals surface area contributed by atoms with Crippen molar-refractivity contribution in [1.29, 1.82) is 0 Å². The van der Waals surface area contributed by atoms with E-state index in [9.17, 15) is 10.1 Å². The van der Waals surface area contributed by atoms with Gasteiger partial charge in [0.15, 0.2) is 6.10 Å². The molecule has 0 aliphatic heterocycles. The van der Waals surface area contributed by atoms with Crippen LogP contribution in [0.15, 0.2) is 0 Å². The quantitative estimate of drug-likeness (QED) is 0.325. The lowest BCUT2D eigenvalue weighted by Crippen LogP contribution is -2.36. The van der Waals surface area contributed by atoms with E-state index in [0.717, 1.165) is 0 Å². The Balaban J connectivity index is 3.94. The van der Waals surface area contributed by atoms with Gasteiger partial charge in [0, 0.05) is 0 Å². The number of rotatable bonds is 3. The van der Waals surface area contributed by atoms with Gasteiger partial charge in [0.25, 0.3) is 0 Å². The first-order valence-electron chi connectivity index (χ1n) is 2.96. The fourth-order valence-electron chi connectivity index (χ4n) is 0.469. The molecule has 60 valence electrons. The highest BCUT2D eigenvalue weighted by molar-refractivity contribution is 4.60. The molecule has 0 heterocycles. The molecule has 0 saturated heterocycles. The van der Waals surface area contributed by atoms with E-state index >= 15 is 0 Å². The number of aliphatic hydroxyl groups excluding tert-OH is 2. The third kappa shape index (κ3) is 2.28. The first-order valence-corrected chi connectivity index (χ1v) is 2.96. The molecule has 2 unspecified atom stereocenters. The van der Waals surface area contributed by atoms with Crippen molar-refractivity contribution >= 4 is 0 Å². The standard InChI is InChI=1S/C5H11NO4/c1-3(2)4(7)5(8)6(9)10/h3-5,7-8H,1-2H3. The summed E-state index contributed by atoms with van der Waals surface area (Å²) in [5.41, 5.74) is 0. The summed E-state index contributed by atoms with van der Waals surface area (Å²) in [5, 5.41) is 27.3. The Hall–Kier alpha value is -0.680. The molecule has 5 heteroatoms. The van der Waals surface area contributed by atoms with Crippen LogP contribution in [0.3, 0.4) is 0 Å². The topological polar surface area (TPSA) is 83.6 Å². The Morgan fingerprint density at radius 3 is 1.90 bits per heavy atom. The summed E-state index contributed by atoms with van der Waals surface area (Å²) in [6.07, 6.45) is -3.14. The lowest BCUT2D eigenvalue weighted by atomic mass is 10.1. The molecule has 0 aromatic heterocycles. The summed E-state index contributed by atoms with van der Waals surface area (Å²) in [6, 6.07) is 0. The molecule has 0 fully saturated rings. The predicted octanol–water partition coefficient (Wildman–Crippen LogP) is -0.402. The molecule has 2 N–H and O–H groups in total. The predicted molar refractivity (Wildman–Crippen MR) is 33.8 cm³/mol. The molecular weight excluding hydrogens is 138 g/mol. The first-order chi connectivity index (χ1) is 4.46. The average Bonchev–Trinajstić information content (AvgIpc) is 1.84. The number of nitrogens with zero attached hydrogens (tertiary/aromatic N) is 1. The van der Waals surface area contributed by atoms with Crippen LogP contribution in [0.2, 0.25) is 0 Å². The van der Waals surface area contributed by atoms with Crippen LogP contribution < -0.4 is 0 Å². The van der Waals surface area contributed by atoms with Crippen molar-refractivity contribution in [3.63, 3.8) is 0 Å². The van der Waals surface area contributed by atoms with Crippen LogP contribution >= 0.6 is 0 Å². The monoisotopic (exact) mass is 149 g/mol. The summed E-state index contributed by atoms with van der Waals surface area (Å²) >= 11 is 0. The summed E-state index contributed by atoms with van der Waals surface area (Å²) in [5.74, 6) is -0.305. The fraction of sp³-hybridized carbons (Fsp3) is 1.00. The van der Waals surface area contributed by atoms with Crippen LogP contribution in [0.1, 0.15) is 13.8 Å². The molecule has 0 aliphatic rings. The molecule has 5 nitrogen and oxygen atoms in total. The highest BCUT2D eigenvalue weighted by Gasteiger charge is 2.28. The van der Waals surface area contributed by atoms with Crippen LogP contribution in [0.5, 0.6) is 0 Å². The Labute approximate surface area is 58.4 Å². The van der Waals surface area contributed by atoms with Gasteiger partial charge in [-0.25, -0.2) is 0 Å². The van der Waals surface area contributed by atoms with Gasteiger partial charge in [-0.2, -0.15) is 0 Å². The second-order valence-corrected chi connectivity index (χ2v) is 2.43. The van der Waals surface area contributed by atoms with Crippen molar-refractivity contribution in [2.45, 2.75) is 26.2 Å². The van der Waals surface area contributed by atoms with Crippen LogP contribution in [-0.4, -0.2) is 27.5 Å². The molecule has 0 aromatic rings. The minimum Gasteiger partial charge on any atom is -0.383 e. The van der Waals surface area contributed by atoms with Gasteiger partial charge in [-0.3, -0.25) is 10.1 Å². The molecule has 0 bridgehead atoms. The number of aliphatic hydroxyl groups is 2. The Morgan fingerprint density at radius 1 is 1.40 bits per heavy atom. The summed E-state index contributed by atoms with van der Waals surface area (Å²) in [4.78, 5) is 8.93. The van der Waals surface area contributed by atoms with Gasteiger partial charge < -0.3 is 10.2 Å². The summed E-state index contributed by atoms with van der Waals surface area (Å²) < 4.78 is 0. The summed E-state index contributed by atoms with van der Waals surface area (Å²) in [6.45, 7) is 3.19. The van der Waals surface area contributed by atoms with Crippen LogP contribution in [0, 0.1) is 16.0 Å². The van der Waals surface area contributed by atoms with E-state index in [4.69, 9.17) is 10.2 Å². The molecular formula is C5H11NO4.